The first-order chi connectivity index (χ1) is 14.9. The van der Waals surface area contributed by atoms with Crippen molar-refractivity contribution >= 4 is 39.8 Å². The van der Waals surface area contributed by atoms with Crippen molar-refractivity contribution in [2.45, 2.75) is 5.92 Å². The number of likely N-dealkylation sites (N-methyl/N-ethyl adjacent to an activating group) is 1. The van der Waals surface area contributed by atoms with Crippen molar-refractivity contribution < 1.29 is 14.3 Å². The van der Waals surface area contributed by atoms with Crippen molar-refractivity contribution in [2.75, 3.05) is 57.4 Å². The maximum atomic E-state index is 13.5. The first-order valence-corrected chi connectivity index (χ1v) is 10.7. The lowest BCUT2D eigenvalue weighted by atomic mass is 10.0. The van der Waals surface area contributed by atoms with Crippen LogP contribution < -0.4 is 20.1 Å². The molecule has 0 aliphatic carbocycles. The summed E-state index contributed by atoms with van der Waals surface area (Å²) in [5.41, 5.74) is 9.70. The Morgan fingerprint density at radius 1 is 1.29 bits per heavy atom. The number of methoxy groups -OCH3 is 1. The van der Waals surface area contributed by atoms with Gasteiger partial charge >= 0.3 is 0 Å². The van der Waals surface area contributed by atoms with E-state index in [2.05, 4.69) is 4.98 Å². The number of nitrogen functional groups attached to an aromatic ring is 1. The quantitative estimate of drug-likeness (QED) is 0.430. The molecule has 0 radical (unpaired) electrons. The highest BCUT2D eigenvalue weighted by atomic mass is 35.5. The monoisotopic (exact) mass is 442 g/mol. The molecule has 1 aliphatic rings. The number of H-pyrrole nitrogens is 1. The minimum absolute atomic E-state index is 0.0793. The zero-order valence-corrected chi connectivity index (χ0v) is 18.7. The summed E-state index contributed by atoms with van der Waals surface area (Å²) in [5, 5.41) is 0.850. The highest BCUT2D eigenvalue weighted by molar-refractivity contribution is 6.19. The van der Waals surface area contributed by atoms with Crippen molar-refractivity contribution in [3.63, 3.8) is 0 Å². The number of amides is 1. The van der Waals surface area contributed by atoms with Gasteiger partial charge in [0.2, 0.25) is 0 Å². The van der Waals surface area contributed by atoms with Crippen LogP contribution in [0.25, 0.3) is 10.9 Å². The molecule has 0 fully saturated rings. The highest BCUT2D eigenvalue weighted by Gasteiger charge is 2.33. The number of nitrogens with two attached hydrogens (primary N) is 1. The van der Waals surface area contributed by atoms with E-state index in [0.29, 0.717) is 41.9 Å². The molecule has 0 saturated heterocycles. The molecule has 31 heavy (non-hydrogen) atoms. The molecule has 1 amide bonds. The number of carbonyl (C=O) groups excluding carboxylic acids is 1. The fourth-order valence-electron chi connectivity index (χ4n) is 3.90. The van der Waals surface area contributed by atoms with Gasteiger partial charge in [-0.2, -0.15) is 0 Å². The molecule has 8 heteroatoms. The number of rotatable bonds is 7. The average molecular weight is 443 g/mol. The number of benzene rings is 2. The van der Waals surface area contributed by atoms with Crippen LogP contribution in [0.3, 0.4) is 0 Å². The van der Waals surface area contributed by atoms with Gasteiger partial charge in [0.05, 0.1) is 12.6 Å². The van der Waals surface area contributed by atoms with E-state index >= 15 is 0 Å². The summed E-state index contributed by atoms with van der Waals surface area (Å²) < 4.78 is 11.4. The molecule has 2 heterocycles. The van der Waals surface area contributed by atoms with E-state index in [1.54, 1.807) is 12.0 Å². The summed E-state index contributed by atoms with van der Waals surface area (Å²) in [6, 6.07) is 11.2. The number of alkyl halides is 1. The number of nitrogens with one attached hydrogen (secondary N) is 1. The van der Waals surface area contributed by atoms with Gasteiger partial charge in [-0.15, -0.1) is 11.6 Å². The van der Waals surface area contributed by atoms with E-state index in [0.717, 1.165) is 28.7 Å². The molecule has 164 valence electrons. The maximum absolute atomic E-state index is 13.5. The molecule has 7 nitrogen and oxygen atoms in total. The number of hydrogen-bond acceptors (Lipinski definition) is 5. The van der Waals surface area contributed by atoms with Gasteiger partial charge in [0.25, 0.3) is 5.91 Å². The number of halogens is 1. The second-order valence-electron chi connectivity index (χ2n) is 8.01. The third-order valence-electron chi connectivity index (χ3n) is 5.55. The third-order valence-corrected chi connectivity index (χ3v) is 5.92. The zero-order chi connectivity index (χ0) is 22.1. The number of aromatic nitrogens is 1. The first kappa shape index (κ1) is 21.3. The van der Waals surface area contributed by atoms with E-state index in [4.69, 9.17) is 26.8 Å². The van der Waals surface area contributed by atoms with E-state index in [9.17, 15) is 4.79 Å². The zero-order valence-electron chi connectivity index (χ0n) is 17.9. The summed E-state index contributed by atoms with van der Waals surface area (Å²) in [4.78, 5) is 20.5. The van der Waals surface area contributed by atoms with Crippen LogP contribution in [0.2, 0.25) is 0 Å². The Labute approximate surface area is 186 Å². The van der Waals surface area contributed by atoms with Crippen LogP contribution in [0.5, 0.6) is 11.5 Å². The molecule has 3 N–H and O–H groups in total. The predicted octanol–water partition coefficient (Wildman–Crippen LogP) is 3.68. The van der Waals surface area contributed by atoms with Crippen LogP contribution in [0.15, 0.2) is 36.4 Å². The molecule has 0 saturated carbocycles. The minimum Gasteiger partial charge on any atom is -0.497 e. The molecule has 1 aliphatic heterocycles. The topological polar surface area (TPSA) is 83.8 Å². The first-order valence-electron chi connectivity index (χ1n) is 10.2. The molecular weight excluding hydrogens is 416 g/mol. The Bertz CT molecular complexity index is 1110. The smallest absolute Gasteiger partial charge is 0.274 e. The summed E-state index contributed by atoms with van der Waals surface area (Å²) >= 11 is 6.17. The number of ether oxygens (including phenoxy) is 2. The van der Waals surface area contributed by atoms with E-state index in [1.165, 1.54) is 0 Å². The van der Waals surface area contributed by atoms with Crippen LogP contribution in [-0.4, -0.2) is 62.6 Å². The highest BCUT2D eigenvalue weighted by Crippen LogP contribution is 2.39. The van der Waals surface area contributed by atoms with Gasteiger partial charge in [-0.25, -0.2) is 0 Å². The fourth-order valence-corrected chi connectivity index (χ4v) is 4.16. The van der Waals surface area contributed by atoms with Gasteiger partial charge in [-0.3, -0.25) is 4.79 Å². The van der Waals surface area contributed by atoms with Crippen LogP contribution in [-0.2, 0) is 0 Å². The van der Waals surface area contributed by atoms with Gasteiger partial charge in [-0.05, 0) is 43.9 Å². The van der Waals surface area contributed by atoms with E-state index in [1.807, 2.05) is 55.4 Å². The lowest BCUT2D eigenvalue weighted by Gasteiger charge is -2.17. The second-order valence-corrected chi connectivity index (χ2v) is 8.32. The summed E-state index contributed by atoms with van der Waals surface area (Å²) in [5.74, 6) is 1.71. The Balaban J connectivity index is 1.69. The van der Waals surface area contributed by atoms with Gasteiger partial charge < -0.3 is 30.0 Å². The van der Waals surface area contributed by atoms with Crippen LogP contribution in [0.1, 0.15) is 22.0 Å². The van der Waals surface area contributed by atoms with Gasteiger partial charge in [0, 0.05) is 47.7 Å². The van der Waals surface area contributed by atoms with Crippen LogP contribution >= 0.6 is 11.6 Å². The van der Waals surface area contributed by atoms with Gasteiger partial charge in [0.1, 0.15) is 23.8 Å². The Morgan fingerprint density at radius 3 is 2.81 bits per heavy atom. The molecule has 2 aromatic carbocycles. The number of anilines is 2. The van der Waals surface area contributed by atoms with E-state index < -0.39 is 0 Å². The summed E-state index contributed by atoms with van der Waals surface area (Å²) in [6.07, 6.45) is 0. The SMILES string of the molecule is COc1cc(OCCN(C)C)c2[nH]c(C(=O)N3CC(CCl)c4ccc(N)cc43)cc2c1. The number of fused-ring (bicyclic) bond motifs is 2. The van der Waals surface area contributed by atoms with Crippen molar-refractivity contribution in [1.82, 2.24) is 9.88 Å². The van der Waals surface area contributed by atoms with Gasteiger partial charge in [0.15, 0.2) is 0 Å². The Hall–Kier alpha value is -2.90. The van der Waals surface area contributed by atoms with Crippen LogP contribution in [0, 0.1) is 0 Å². The molecule has 1 atom stereocenters. The van der Waals surface area contributed by atoms with Crippen molar-refractivity contribution in [3.8, 4) is 11.5 Å². The maximum Gasteiger partial charge on any atom is 0.274 e. The standard InChI is InChI=1S/C23H27ClN4O3/c1-27(2)6-7-31-21-11-17(30-3)8-14-9-19(26-22(14)21)23(29)28-13-15(12-24)18-5-4-16(25)10-20(18)28/h4-5,8-11,15,26H,6-7,12-13,25H2,1-3H3. The lowest BCUT2D eigenvalue weighted by molar-refractivity contribution is 0.0984. The molecule has 0 spiro atoms. The van der Waals surface area contributed by atoms with Crippen LogP contribution in [0.4, 0.5) is 11.4 Å². The largest absolute Gasteiger partial charge is 0.497 e. The molecule has 0 bridgehead atoms. The molecular formula is C23H27ClN4O3. The van der Waals surface area contributed by atoms with E-state index in [-0.39, 0.29) is 11.8 Å². The predicted molar refractivity (Wildman–Crippen MR) is 125 cm³/mol. The summed E-state index contributed by atoms with van der Waals surface area (Å²) in [6.45, 7) is 1.82. The Kier molecular flexibility index (Phi) is 5.98. The molecule has 4 rings (SSSR count). The fraction of sp³-hybridized carbons (Fsp3) is 0.348. The summed E-state index contributed by atoms with van der Waals surface area (Å²) in [7, 11) is 5.59. The van der Waals surface area contributed by atoms with Gasteiger partial charge in [-0.1, -0.05) is 6.07 Å². The second kappa shape index (κ2) is 8.69. The number of carbonyl (C=O) groups is 1. The average Bonchev–Trinajstić information content (AvgIpc) is 3.34. The number of aromatic amines is 1. The molecule has 1 aromatic heterocycles. The van der Waals surface area contributed by atoms with Crippen molar-refractivity contribution in [2.24, 2.45) is 0 Å². The lowest BCUT2D eigenvalue weighted by Crippen LogP contribution is -2.30. The number of nitrogens with zero attached hydrogens (tertiary/aromatic N) is 2. The third kappa shape index (κ3) is 4.16. The Morgan fingerprint density at radius 2 is 2.10 bits per heavy atom. The van der Waals surface area contributed by atoms with Crippen molar-refractivity contribution in [3.05, 3.63) is 47.7 Å². The molecule has 3 aromatic rings. The number of hydrogen-bond donors (Lipinski definition) is 2. The minimum atomic E-state index is -0.131. The van der Waals surface area contributed by atoms with Crippen molar-refractivity contribution in [1.29, 1.82) is 0 Å². The molecule has 1 unspecified atom stereocenters. The normalized spacial score (nSPS) is 15.5.